The molecular weight excluding hydrogens is 435 g/mol. The average molecular weight is 464 g/mol. The molecule has 0 unspecified atom stereocenters. The summed E-state index contributed by atoms with van der Waals surface area (Å²) in [6.45, 7) is 7.19. The molecule has 1 aliphatic carbocycles. The Morgan fingerprint density at radius 2 is 1.38 bits per heavy atom. The second-order valence-corrected chi connectivity index (χ2v) is 29.7. The predicted molar refractivity (Wildman–Crippen MR) is 117 cm³/mol. The second-order valence-electron chi connectivity index (χ2n) is 8.58. The zero-order valence-corrected chi connectivity index (χ0v) is 21.6. The molecule has 2 aromatic carbocycles. The van der Waals surface area contributed by atoms with Gasteiger partial charge in [-0.1, -0.05) is 0 Å². The van der Waals surface area contributed by atoms with Gasteiger partial charge < -0.3 is 0 Å². The van der Waals surface area contributed by atoms with Crippen LogP contribution in [0.3, 0.4) is 0 Å². The minimum atomic E-state index is -3.98. The molecule has 7 heteroatoms. The van der Waals surface area contributed by atoms with Gasteiger partial charge in [0.1, 0.15) is 0 Å². The van der Waals surface area contributed by atoms with Crippen molar-refractivity contribution in [1.82, 2.24) is 0 Å². The van der Waals surface area contributed by atoms with E-state index in [0.29, 0.717) is 11.3 Å². The molecular formula is C19H29Cl2O2Si2Ti. The topological polar surface area (TPSA) is 26.3 Å². The van der Waals surface area contributed by atoms with Crippen LogP contribution < -0.4 is 0 Å². The van der Waals surface area contributed by atoms with Crippen molar-refractivity contribution in [3.05, 3.63) is 59.7 Å². The Morgan fingerprint density at radius 1 is 0.962 bits per heavy atom. The first kappa shape index (κ1) is 24.0. The zero-order valence-electron chi connectivity index (χ0n) is 16.0. The number of benzene rings is 2. The van der Waals surface area contributed by atoms with Crippen LogP contribution >= 0.6 is 24.8 Å². The van der Waals surface area contributed by atoms with Crippen molar-refractivity contribution < 1.29 is 21.8 Å². The van der Waals surface area contributed by atoms with Gasteiger partial charge >= 0.3 is 149 Å². The number of hydrogen-bond acceptors (Lipinski definition) is 2. The molecule has 0 radical (unpaired) electrons. The molecule has 26 heavy (non-hydrogen) atoms. The van der Waals surface area contributed by atoms with Crippen molar-refractivity contribution in [2.45, 2.75) is 33.8 Å². The predicted octanol–water partition coefficient (Wildman–Crippen LogP) is 5.50. The number of halogens is 2. The summed E-state index contributed by atoms with van der Waals surface area (Å²) in [5.74, 6) is 0. The molecule has 0 saturated carbocycles. The van der Waals surface area contributed by atoms with Crippen LogP contribution in [-0.2, 0) is 21.8 Å². The number of rotatable bonds is 5. The Labute approximate surface area is 172 Å². The van der Waals surface area contributed by atoms with E-state index in [1.165, 1.54) is 22.3 Å². The first-order valence-corrected chi connectivity index (χ1v) is 20.3. The van der Waals surface area contributed by atoms with E-state index >= 15 is 0 Å². The van der Waals surface area contributed by atoms with Crippen LogP contribution in [0.15, 0.2) is 48.5 Å². The van der Waals surface area contributed by atoms with Gasteiger partial charge in [-0.3, -0.25) is 0 Å². The summed E-state index contributed by atoms with van der Waals surface area (Å²) in [6.07, 6.45) is 0. The molecule has 0 spiro atoms. The molecule has 0 N–H and O–H groups in total. The van der Waals surface area contributed by atoms with Crippen LogP contribution in [0.1, 0.15) is 15.3 Å². The summed E-state index contributed by atoms with van der Waals surface area (Å²) >= 11 is -3.98. The van der Waals surface area contributed by atoms with Crippen molar-refractivity contribution in [3.8, 4) is 11.1 Å². The summed E-state index contributed by atoms with van der Waals surface area (Å²) in [4.78, 5) is 0. The minimum absolute atomic E-state index is 0. The molecule has 0 aliphatic heterocycles. The fraction of sp³-hybridized carbons (Fsp3) is 0.368. The monoisotopic (exact) mass is 463 g/mol. The van der Waals surface area contributed by atoms with Crippen molar-refractivity contribution in [1.29, 1.82) is 0 Å². The summed E-state index contributed by atoms with van der Waals surface area (Å²) in [5, 5.41) is 2.06. The van der Waals surface area contributed by atoms with Crippen LogP contribution in [0.2, 0.25) is 29.6 Å². The van der Waals surface area contributed by atoms with E-state index < -0.39 is 22.3 Å². The average Bonchev–Trinajstić information content (AvgIpc) is 2.80. The Bertz CT molecular complexity index is 872. The van der Waals surface area contributed by atoms with E-state index in [1.807, 2.05) is 0 Å². The molecule has 143 valence electrons. The van der Waals surface area contributed by atoms with E-state index in [4.69, 9.17) is 4.43 Å². The van der Waals surface area contributed by atoms with Gasteiger partial charge in [0.25, 0.3) is 0 Å². The Morgan fingerprint density at radius 3 is 1.81 bits per heavy atom. The maximum atomic E-state index is 14.2. The van der Waals surface area contributed by atoms with Crippen LogP contribution in [0, 0.1) is 0 Å². The molecule has 0 fully saturated rings. The largest absolute Gasteiger partial charge is 0.147 e. The Hall–Kier alpha value is -0.0719. The molecule has 3 rings (SSSR count). The van der Waals surface area contributed by atoms with Crippen molar-refractivity contribution in [3.63, 3.8) is 0 Å². The summed E-state index contributed by atoms with van der Waals surface area (Å²) in [5.41, 5.74) is 5.00. The fourth-order valence-corrected chi connectivity index (χ4v) is 12.2. The van der Waals surface area contributed by atoms with Crippen LogP contribution in [0.25, 0.3) is 11.1 Å². The van der Waals surface area contributed by atoms with E-state index in [9.17, 15) is 3.32 Å². The van der Waals surface area contributed by atoms with Gasteiger partial charge in [0.15, 0.2) is 0 Å². The molecule has 2 nitrogen and oxygen atoms in total. The smallest absolute Gasteiger partial charge is 0.147 e. The minimum Gasteiger partial charge on any atom is -0.147 e. The van der Waals surface area contributed by atoms with Gasteiger partial charge in [0.05, 0.1) is 0 Å². The van der Waals surface area contributed by atoms with Gasteiger partial charge in [-0.2, -0.15) is 0 Å². The van der Waals surface area contributed by atoms with Crippen molar-refractivity contribution >= 4 is 40.8 Å². The quantitative estimate of drug-likeness (QED) is 0.547. The van der Waals surface area contributed by atoms with Crippen molar-refractivity contribution in [2.24, 2.45) is 0 Å². The molecule has 0 saturated heterocycles. The maximum absolute atomic E-state index is 14.2. The van der Waals surface area contributed by atoms with Crippen LogP contribution in [0.4, 0.5) is 0 Å². The molecule has 1 aliphatic rings. The second kappa shape index (κ2) is 8.12. The van der Waals surface area contributed by atoms with Gasteiger partial charge in [-0.15, -0.1) is 24.8 Å². The van der Waals surface area contributed by atoms with E-state index in [0.717, 1.165) is 0 Å². The molecule has 2 aromatic rings. The molecule has 0 amide bonds. The number of fused-ring (bicyclic) bond motifs is 3. The molecule has 0 atom stereocenters. The first-order chi connectivity index (χ1) is 11.1. The third-order valence-corrected chi connectivity index (χ3v) is 15.1. The van der Waals surface area contributed by atoms with Gasteiger partial charge in [0.2, 0.25) is 0 Å². The standard InChI is InChI=1S/C13H9.C5H13OSi.CH3.2ClH.O.H2Si.Ti/c1-3-7-12-10(5-1)9-11-6-2-4-8-13(11)12;1-5-6-7(2,3)4;;;;;;/h1-9H;1,5H2,2-4H3;1H3;2*1H;;1H2;. The summed E-state index contributed by atoms with van der Waals surface area (Å²) in [6, 6.07) is 17.0. The van der Waals surface area contributed by atoms with Crippen LogP contribution in [0.5, 0.6) is 0 Å². The molecule has 0 bridgehead atoms. The van der Waals surface area contributed by atoms with E-state index in [2.05, 4.69) is 73.4 Å². The summed E-state index contributed by atoms with van der Waals surface area (Å²) < 4.78 is 21.0. The zero-order chi connectivity index (χ0) is 17.6. The van der Waals surface area contributed by atoms with Crippen molar-refractivity contribution in [2.75, 3.05) is 6.61 Å². The van der Waals surface area contributed by atoms with E-state index in [-0.39, 0.29) is 29.0 Å². The molecule has 0 heterocycles. The Balaban J connectivity index is 0.00000169. The normalized spacial score (nSPS) is 14.0. The first-order valence-electron chi connectivity index (χ1n) is 8.67. The third-order valence-electron chi connectivity index (χ3n) is 4.96. The van der Waals surface area contributed by atoms with Gasteiger partial charge in [-0.05, 0) is 0 Å². The van der Waals surface area contributed by atoms with Crippen LogP contribution in [-0.4, -0.2) is 22.6 Å². The maximum Gasteiger partial charge on any atom is -0.147 e. The number of hydrogen-bond donors (Lipinski definition) is 0. The van der Waals surface area contributed by atoms with E-state index in [1.54, 1.807) is 7.63 Å². The third kappa shape index (κ3) is 4.85. The summed E-state index contributed by atoms with van der Waals surface area (Å²) in [7, 11) is 0.214. The van der Waals surface area contributed by atoms with Gasteiger partial charge in [0, 0.05) is 0 Å². The Kier molecular flexibility index (Phi) is 7.48. The van der Waals surface area contributed by atoms with Gasteiger partial charge in [-0.25, -0.2) is 0 Å². The molecule has 0 aromatic heterocycles. The fourth-order valence-electron chi connectivity index (χ4n) is 3.81. The SMILES string of the molecule is C[Si](C)(C)OC[CH2][Ti]([CH3])(=[O])(=[SiH2])[CH]1c2ccccc2-c2ccccc21.Cl.Cl.